The van der Waals surface area contributed by atoms with Crippen molar-refractivity contribution in [2.24, 2.45) is 0 Å². The zero-order valence-corrected chi connectivity index (χ0v) is 12.8. The standard InChI is InChI=1S/C13H14F2N2O2S2/c1-9-8-20-12(17-9)6-7-16-10-2-4-11(5-3-10)21(18,19)13(14)15/h2-5,8,13,16H,6-7H2,1H3. The summed E-state index contributed by atoms with van der Waals surface area (Å²) < 4.78 is 47.3. The van der Waals surface area contributed by atoms with Gasteiger partial charge in [-0.3, -0.25) is 0 Å². The number of sulfone groups is 1. The van der Waals surface area contributed by atoms with E-state index in [2.05, 4.69) is 10.3 Å². The Labute approximate surface area is 125 Å². The number of hydrogen-bond acceptors (Lipinski definition) is 5. The van der Waals surface area contributed by atoms with Crippen molar-refractivity contribution < 1.29 is 17.2 Å². The van der Waals surface area contributed by atoms with E-state index in [-0.39, 0.29) is 4.90 Å². The molecule has 21 heavy (non-hydrogen) atoms. The molecule has 1 aromatic heterocycles. The molecule has 0 aliphatic heterocycles. The molecule has 0 saturated heterocycles. The Hall–Kier alpha value is -1.54. The lowest BCUT2D eigenvalue weighted by Crippen LogP contribution is -2.11. The molecule has 114 valence electrons. The lowest BCUT2D eigenvalue weighted by molar-refractivity contribution is 0.234. The fourth-order valence-electron chi connectivity index (χ4n) is 1.70. The van der Waals surface area contributed by atoms with E-state index in [1.54, 1.807) is 11.3 Å². The number of thiazole rings is 1. The molecular formula is C13H14F2N2O2S2. The van der Waals surface area contributed by atoms with Gasteiger partial charge in [0.2, 0.25) is 9.84 Å². The minimum absolute atomic E-state index is 0.376. The molecule has 0 aliphatic carbocycles. The van der Waals surface area contributed by atoms with E-state index in [0.29, 0.717) is 12.2 Å². The van der Waals surface area contributed by atoms with Crippen LogP contribution in [0.2, 0.25) is 0 Å². The molecule has 0 aliphatic rings. The lowest BCUT2D eigenvalue weighted by atomic mass is 10.3. The van der Waals surface area contributed by atoms with Crippen molar-refractivity contribution in [1.29, 1.82) is 0 Å². The number of alkyl halides is 2. The van der Waals surface area contributed by atoms with Gasteiger partial charge in [0.25, 0.3) is 0 Å². The van der Waals surface area contributed by atoms with Crippen LogP contribution < -0.4 is 5.32 Å². The highest BCUT2D eigenvalue weighted by atomic mass is 32.2. The van der Waals surface area contributed by atoms with Crippen LogP contribution in [0.5, 0.6) is 0 Å². The molecule has 1 N–H and O–H groups in total. The average Bonchev–Trinajstić information content (AvgIpc) is 2.85. The van der Waals surface area contributed by atoms with E-state index in [0.717, 1.165) is 17.1 Å². The molecule has 2 rings (SSSR count). The van der Waals surface area contributed by atoms with Gasteiger partial charge in [-0.05, 0) is 31.2 Å². The van der Waals surface area contributed by atoms with Crippen LogP contribution in [0.25, 0.3) is 0 Å². The van der Waals surface area contributed by atoms with Crippen molar-refractivity contribution in [3.63, 3.8) is 0 Å². The second-order valence-electron chi connectivity index (χ2n) is 4.39. The Morgan fingerprint density at radius 3 is 2.48 bits per heavy atom. The fraction of sp³-hybridized carbons (Fsp3) is 0.308. The molecule has 0 fully saturated rings. The van der Waals surface area contributed by atoms with Crippen LogP contribution in [0.4, 0.5) is 14.5 Å². The van der Waals surface area contributed by atoms with Crippen LogP contribution in [-0.2, 0) is 16.3 Å². The first kappa shape index (κ1) is 15.8. The third-order valence-corrected chi connectivity index (χ3v) is 5.18. The first-order valence-corrected chi connectivity index (χ1v) is 8.59. The number of nitrogens with zero attached hydrogens (tertiary/aromatic N) is 1. The number of aromatic nitrogens is 1. The molecule has 4 nitrogen and oxygen atoms in total. The first-order valence-electron chi connectivity index (χ1n) is 6.16. The van der Waals surface area contributed by atoms with E-state index < -0.39 is 15.6 Å². The molecule has 0 spiro atoms. The summed E-state index contributed by atoms with van der Waals surface area (Å²) in [6.07, 6.45) is 0.746. The molecular weight excluding hydrogens is 318 g/mol. The Bertz CT molecular complexity index is 697. The predicted octanol–water partition coefficient (Wildman–Crippen LogP) is 3.10. The summed E-state index contributed by atoms with van der Waals surface area (Å²) in [5.41, 5.74) is 1.66. The monoisotopic (exact) mass is 332 g/mol. The second-order valence-corrected chi connectivity index (χ2v) is 7.25. The van der Waals surface area contributed by atoms with E-state index in [4.69, 9.17) is 0 Å². The molecule has 1 heterocycles. The smallest absolute Gasteiger partial charge is 0.341 e. The summed E-state index contributed by atoms with van der Waals surface area (Å²) in [7, 11) is -4.52. The lowest BCUT2D eigenvalue weighted by Gasteiger charge is -2.07. The van der Waals surface area contributed by atoms with Gasteiger partial charge in [0.05, 0.1) is 9.90 Å². The SMILES string of the molecule is Cc1csc(CCNc2ccc(S(=O)(=O)C(F)F)cc2)n1. The van der Waals surface area contributed by atoms with Gasteiger partial charge in [-0.25, -0.2) is 13.4 Å². The third-order valence-electron chi connectivity index (χ3n) is 2.75. The molecule has 0 radical (unpaired) electrons. The average molecular weight is 332 g/mol. The Balaban J connectivity index is 1.94. The van der Waals surface area contributed by atoms with Gasteiger partial charge in [-0.1, -0.05) is 0 Å². The van der Waals surface area contributed by atoms with Gasteiger partial charge in [0.1, 0.15) is 0 Å². The predicted molar refractivity (Wildman–Crippen MR) is 78.7 cm³/mol. The van der Waals surface area contributed by atoms with Crippen molar-refractivity contribution in [3.05, 3.63) is 40.3 Å². The summed E-state index contributed by atoms with van der Waals surface area (Å²) in [6.45, 7) is 2.56. The molecule has 0 bridgehead atoms. The number of benzene rings is 1. The topological polar surface area (TPSA) is 59.1 Å². The van der Waals surface area contributed by atoms with Gasteiger partial charge in [-0.2, -0.15) is 8.78 Å². The molecule has 0 atom stereocenters. The van der Waals surface area contributed by atoms with Crippen LogP contribution in [0.1, 0.15) is 10.7 Å². The fourth-order valence-corrected chi connectivity index (χ4v) is 3.19. The summed E-state index contributed by atoms with van der Waals surface area (Å²) in [5.74, 6) is -3.40. The van der Waals surface area contributed by atoms with Gasteiger partial charge >= 0.3 is 5.76 Å². The second kappa shape index (κ2) is 6.48. The van der Waals surface area contributed by atoms with Crippen molar-refractivity contribution in [2.75, 3.05) is 11.9 Å². The molecule has 0 unspecified atom stereocenters. The number of halogens is 2. The van der Waals surface area contributed by atoms with Gasteiger partial charge in [0.15, 0.2) is 0 Å². The van der Waals surface area contributed by atoms with Crippen LogP contribution in [0, 0.1) is 6.92 Å². The van der Waals surface area contributed by atoms with E-state index in [9.17, 15) is 17.2 Å². The van der Waals surface area contributed by atoms with Gasteiger partial charge in [-0.15, -0.1) is 11.3 Å². The molecule has 8 heteroatoms. The number of aryl methyl sites for hydroxylation is 1. The highest BCUT2D eigenvalue weighted by molar-refractivity contribution is 7.91. The minimum atomic E-state index is -4.52. The quantitative estimate of drug-likeness (QED) is 0.883. The van der Waals surface area contributed by atoms with Crippen LogP contribution >= 0.6 is 11.3 Å². The molecule has 0 amide bonds. The van der Waals surface area contributed by atoms with Gasteiger partial charge < -0.3 is 5.32 Å². The number of hydrogen-bond donors (Lipinski definition) is 1. The normalized spacial score (nSPS) is 11.8. The van der Waals surface area contributed by atoms with Crippen molar-refractivity contribution in [1.82, 2.24) is 4.98 Å². The number of rotatable bonds is 6. The highest BCUT2D eigenvalue weighted by Gasteiger charge is 2.26. The largest absolute Gasteiger partial charge is 0.385 e. The molecule has 2 aromatic rings. The maximum absolute atomic E-state index is 12.4. The zero-order chi connectivity index (χ0) is 15.5. The number of anilines is 1. The highest BCUT2D eigenvalue weighted by Crippen LogP contribution is 2.20. The maximum Gasteiger partial charge on any atom is 0.341 e. The Morgan fingerprint density at radius 1 is 1.29 bits per heavy atom. The van der Waals surface area contributed by atoms with Crippen molar-refractivity contribution >= 4 is 26.9 Å². The molecule has 0 saturated carbocycles. The summed E-state index contributed by atoms with van der Waals surface area (Å²) >= 11 is 1.58. The number of nitrogens with one attached hydrogen (secondary N) is 1. The van der Waals surface area contributed by atoms with Crippen molar-refractivity contribution in [2.45, 2.75) is 24.0 Å². The summed E-state index contributed by atoms with van der Waals surface area (Å²) in [5, 5.41) is 6.08. The minimum Gasteiger partial charge on any atom is -0.385 e. The van der Waals surface area contributed by atoms with Crippen molar-refractivity contribution in [3.8, 4) is 0 Å². The third kappa shape index (κ3) is 3.98. The summed E-state index contributed by atoms with van der Waals surface area (Å²) in [6, 6.07) is 5.31. The van der Waals surface area contributed by atoms with Crippen LogP contribution in [0.15, 0.2) is 34.5 Å². The Kier molecular flexibility index (Phi) is 4.89. The first-order chi connectivity index (χ1) is 9.89. The van der Waals surface area contributed by atoms with E-state index >= 15 is 0 Å². The Morgan fingerprint density at radius 2 is 1.95 bits per heavy atom. The van der Waals surface area contributed by atoms with Crippen LogP contribution in [0.3, 0.4) is 0 Å². The maximum atomic E-state index is 12.4. The summed E-state index contributed by atoms with van der Waals surface area (Å²) in [4.78, 5) is 3.95. The van der Waals surface area contributed by atoms with E-state index in [1.807, 2.05) is 12.3 Å². The van der Waals surface area contributed by atoms with E-state index in [1.165, 1.54) is 24.3 Å². The van der Waals surface area contributed by atoms with Crippen LogP contribution in [-0.4, -0.2) is 25.7 Å². The zero-order valence-electron chi connectivity index (χ0n) is 11.2. The van der Waals surface area contributed by atoms with Gasteiger partial charge in [0, 0.05) is 29.7 Å². The molecule has 1 aromatic carbocycles.